The SMILES string of the molecule is CC(c1ccccc1)C(C)(C)O.CCOC(=O)CCCCCOC(C)=O. The number of ether oxygens (including phenoxy) is 2. The van der Waals surface area contributed by atoms with Crippen LogP contribution in [0.3, 0.4) is 0 Å². The van der Waals surface area contributed by atoms with E-state index in [-0.39, 0.29) is 17.9 Å². The lowest BCUT2D eigenvalue weighted by Gasteiger charge is -2.26. The predicted molar refractivity (Wildman–Crippen MR) is 103 cm³/mol. The van der Waals surface area contributed by atoms with Crippen molar-refractivity contribution in [1.82, 2.24) is 0 Å². The molecule has 0 aromatic heterocycles. The molecule has 148 valence electrons. The molecule has 0 aliphatic heterocycles. The summed E-state index contributed by atoms with van der Waals surface area (Å²) in [5.41, 5.74) is 0.548. The largest absolute Gasteiger partial charge is 0.466 e. The van der Waals surface area contributed by atoms with Gasteiger partial charge in [0.05, 0.1) is 18.8 Å². The summed E-state index contributed by atoms with van der Waals surface area (Å²) >= 11 is 0. The Morgan fingerprint density at radius 2 is 1.69 bits per heavy atom. The van der Waals surface area contributed by atoms with E-state index in [1.807, 2.05) is 51.1 Å². The number of benzene rings is 1. The fourth-order valence-electron chi connectivity index (χ4n) is 2.15. The summed E-state index contributed by atoms with van der Waals surface area (Å²) in [6.07, 6.45) is 2.93. The van der Waals surface area contributed by atoms with Crippen molar-refractivity contribution in [3.05, 3.63) is 35.9 Å². The molecule has 0 saturated carbocycles. The van der Waals surface area contributed by atoms with Crippen molar-refractivity contribution in [3.8, 4) is 0 Å². The number of carbonyl (C=O) groups excluding carboxylic acids is 2. The second kappa shape index (κ2) is 13.3. The minimum Gasteiger partial charge on any atom is -0.466 e. The van der Waals surface area contributed by atoms with Crippen LogP contribution in [0, 0.1) is 0 Å². The molecular formula is C21H34O5. The van der Waals surface area contributed by atoms with E-state index in [9.17, 15) is 14.7 Å². The number of esters is 2. The van der Waals surface area contributed by atoms with Gasteiger partial charge in [-0.3, -0.25) is 9.59 Å². The minimum atomic E-state index is -0.638. The molecule has 1 aromatic carbocycles. The Labute approximate surface area is 157 Å². The third-order valence-corrected chi connectivity index (χ3v) is 4.00. The molecule has 0 saturated heterocycles. The predicted octanol–water partition coefficient (Wildman–Crippen LogP) is 4.23. The van der Waals surface area contributed by atoms with Crippen LogP contribution in [0.5, 0.6) is 0 Å². The summed E-state index contributed by atoms with van der Waals surface area (Å²) in [5, 5.41) is 9.74. The molecule has 1 rings (SSSR count). The van der Waals surface area contributed by atoms with Gasteiger partial charge in [0.1, 0.15) is 0 Å². The fraction of sp³-hybridized carbons (Fsp3) is 0.619. The van der Waals surface area contributed by atoms with E-state index in [1.165, 1.54) is 12.5 Å². The zero-order chi connectivity index (χ0) is 20.0. The molecule has 1 aromatic rings. The standard InChI is InChI=1S/C11H16O.C10H18O4/c1-9(11(2,3)12)10-7-5-4-6-8-10;1-3-13-10(12)7-5-4-6-8-14-9(2)11/h4-9,12H,1-3H3;3-8H2,1-2H3. The van der Waals surface area contributed by atoms with Crippen LogP contribution in [0.4, 0.5) is 0 Å². The molecule has 0 aliphatic carbocycles. The lowest BCUT2D eigenvalue weighted by molar-refractivity contribution is -0.144. The van der Waals surface area contributed by atoms with Gasteiger partial charge in [-0.2, -0.15) is 0 Å². The number of hydrogen-bond donors (Lipinski definition) is 1. The molecule has 1 N–H and O–H groups in total. The van der Waals surface area contributed by atoms with Gasteiger partial charge < -0.3 is 14.6 Å². The number of aliphatic hydroxyl groups is 1. The van der Waals surface area contributed by atoms with Crippen LogP contribution in [-0.2, 0) is 19.1 Å². The molecule has 0 bridgehead atoms. The van der Waals surface area contributed by atoms with Gasteiger partial charge in [-0.25, -0.2) is 0 Å². The zero-order valence-electron chi connectivity index (χ0n) is 16.8. The van der Waals surface area contributed by atoms with E-state index in [1.54, 1.807) is 6.92 Å². The molecule has 5 nitrogen and oxygen atoms in total. The van der Waals surface area contributed by atoms with Crippen molar-refractivity contribution in [2.24, 2.45) is 0 Å². The first kappa shape index (κ1) is 24.1. The van der Waals surface area contributed by atoms with Gasteiger partial charge in [-0.1, -0.05) is 37.3 Å². The quantitative estimate of drug-likeness (QED) is 0.523. The van der Waals surface area contributed by atoms with Crippen molar-refractivity contribution in [1.29, 1.82) is 0 Å². The van der Waals surface area contributed by atoms with Crippen LogP contribution in [-0.4, -0.2) is 35.9 Å². The minimum absolute atomic E-state index is 0.153. The molecular weight excluding hydrogens is 332 g/mol. The first-order chi connectivity index (χ1) is 12.2. The van der Waals surface area contributed by atoms with Gasteiger partial charge in [0.2, 0.25) is 0 Å². The van der Waals surface area contributed by atoms with Crippen molar-refractivity contribution in [2.75, 3.05) is 13.2 Å². The van der Waals surface area contributed by atoms with Crippen molar-refractivity contribution < 1.29 is 24.2 Å². The summed E-state index contributed by atoms with van der Waals surface area (Å²) in [5.74, 6) is -0.228. The molecule has 0 fully saturated rings. The Bertz CT molecular complexity index is 505. The first-order valence-electron chi connectivity index (χ1n) is 9.24. The summed E-state index contributed by atoms with van der Waals surface area (Å²) in [6.45, 7) is 9.77. The number of carbonyl (C=O) groups is 2. The van der Waals surface area contributed by atoms with Gasteiger partial charge >= 0.3 is 11.9 Å². The van der Waals surface area contributed by atoms with Gasteiger partial charge in [0.15, 0.2) is 0 Å². The lowest BCUT2D eigenvalue weighted by Crippen LogP contribution is -2.26. The van der Waals surface area contributed by atoms with Gasteiger partial charge in [0, 0.05) is 19.3 Å². The number of unbranched alkanes of at least 4 members (excludes halogenated alkanes) is 2. The number of rotatable bonds is 9. The summed E-state index contributed by atoms with van der Waals surface area (Å²) in [6, 6.07) is 10.1. The Morgan fingerprint density at radius 1 is 1.08 bits per heavy atom. The van der Waals surface area contributed by atoms with Gasteiger partial charge in [0.25, 0.3) is 0 Å². The van der Waals surface area contributed by atoms with Crippen LogP contribution in [0.2, 0.25) is 0 Å². The van der Waals surface area contributed by atoms with E-state index < -0.39 is 5.60 Å². The topological polar surface area (TPSA) is 72.8 Å². The van der Waals surface area contributed by atoms with E-state index in [0.717, 1.165) is 19.3 Å². The average molecular weight is 366 g/mol. The summed E-state index contributed by atoms with van der Waals surface area (Å²) in [4.78, 5) is 21.2. The Morgan fingerprint density at radius 3 is 2.19 bits per heavy atom. The fourth-order valence-corrected chi connectivity index (χ4v) is 2.15. The molecule has 1 atom stereocenters. The highest BCUT2D eigenvalue weighted by atomic mass is 16.5. The van der Waals surface area contributed by atoms with Gasteiger partial charge in [-0.05, 0) is 45.6 Å². The van der Waals surface area contributed by atoms with Crippen LogP contribution in [0.25, 0.3) is 0 Å². The van der Waals surface area contributed by atoms with Crippen molar-refractivity contribution in [3.63, 3.8) is 0 Å². The highest BCUT2D eigenvalue weighted by Gasteiger charge is 2.23. The van der Waals surface area contributed by atoms with Crippen LogP contribution >= 0.6 is 0 Å². The molecule has 0 heterocycles. The van der Waals surface area contributed by atoms with E-state index >= 15 is 0 Å². The molecule has 26 heavy (non-hydrogen) atoms. The Kier molecular flexibility index (Phi) is 12.4. The third-order valence-electron chi connectivity index (χ3n) is 4.00. The molecule has 5 heteroatoms. The average Bonchev–Trinajstić information content (AvgIpc) is 2.58. The maximum Gasteiger partial charge on any atom is 0.305 e. The molecule has 1 unspecified atom stereocenters. The van der Waals surface area contributed by atoms with Crippen molar-refractivity contribution in [2.45, 2.75) is 71.8 Å². The first-order valence-corrected chi connectivity index (χ1v) is 9.24. The molecule has 0 spiro atoms. The zero-order valence-corrected chi connectivity index (χ0v) is 16.8. The van der Waals surface area contributed by atoms with Crippen LogP contribution in [0.1, 0.15) is 71.8 Å². The van der Waals surface area contributed by atoms with Crippen molar-refractivity contribution >= 4 is 11.9 Å². The second-order valence-corrected chi connectivity index (χ2v) is 6.74. The van der Waals surface area contributed by atoms with E-state index in [4.69, 9.17) is 9.47 Å². The third kappa shape index (κ3) is 12.5. The number of hydrogen-bond acceptors (Lipinski definition) is 5. The Balaban J connectivity index is 0.000000485. The monoisotopic (exact) mass is 366 g/mol. The second-order valence-electron chi connectivity index (χ2n) is 6.74. The highest BCUT2D eigenvalue weighted by molar-refractivity contribution is 5.69. The summed E-state index contributed by atoms with van der Waals surface area (Å²) in [7, 11) is 0. The highest BCUT2D eigenvalue weighted by Crippen LogP contribution is 2.26. The smallest absolute Gasteiger partial charge is 0.305 e. The lowest BCUT2D eigenvalue weighted by atomic mass is 9.87. The van der Waals surface area contributed by atoms with E-state index in [2.05, 4.69) is 0 Å². The van der Waals surface area contributed by atoms with Crippen LogP contribution in [0.15, 0.2) is 30.3 Å². The Hall–Kier alpha value is -1.88. The molecule has 0 radical (unpaired) electrons. The molecule has 0 aliphatic rings. The maximum absolute atomic E-state index is 10.9. The molecule has 0 amide bonds. The van der Waals surface area contributed by atoms with Gasteiger partial charge in [-0.15, -0.1) is 0 Å². The van der Waals surface area contributed by atoms with Crippen LogP contribution < -0.4 is 0 Å². The normalized spacial score (nSPS) is 11.8. The summed E-state index contributed by atoms with van der Waals surface area (Å²) < 4.78 is 9.50. The maximum atomic E-state index is 10.9. The van der Waals surface area contributed by atoms with E-state index in [0.29, 0.717) is 19.6 Å².